The molecular weight excluding hydrogens is 208 g/mol. The van der Waals surface area contributed by atoms with Crippen molar-refractivity contribution in [3.05, 3.63) is 34.9 Å². The number of rotatable bonds is 3. The van der Waals surface area contributed by atoms with Crippen LogP contribution in [0.15, 0.2) is 18.2 Å². The first-order valence-corrected chi connectivity index (χ1v) is 6.75. The van der Waals surface area contributed by atoms with E-state index in [1.807, 2.05) is 0 Å². The Morgan fingerprint density at radius 1 is 1.24 bits per heavy atom. The first-order chi connectivity index (χ1) is 8.01. The van der Waals surface area contributed by atoms with Gasteiger partial charge in [0, 0.05) is 0 Å². The second kappa shape index (κ2) is 4.81. The van der Waals surface area contributed by atoms with E-state index in [1.165, 1.54) is 42.4 Å². The Kier molecular flexibility index (Phi) is 3.58. The normalized spacial score (nSPS) is 20.5. The van der Waals surface area contributed by atoms with Gasteiger partial charge >= 0.3 is 0 Å². The van der Waals surface area contributed by atoms with Gasteiger partial charge in [0.25, 0.3) is 0 Å². The number of aryl methyl sites for hydroxylation is 2. The minimum Gasteiger partial charge on any atom is -0.392 e. The van der Waals surface area contributed by atoms with E-state index in [9.17, 15) is 5.11 Å². The summed E-state index contributed by atoms with van der Waals surface area (Å²) >= 11 is 0. The highest BCUT2D eigenvalue weighted by Gasteiger charge is 2.35. The molecule has 17 heavy (non-hydrogen) atoms. The van der Waals surface area contributed by atoms with Crippen LogP contribution in [0.1, 0.15) is 49.3 Å². The Labute approximate surface area is 105 Å². The first-order valence-electron chi connectivity index (χ1n) is 6.75. The van der Waals surface area contributed by atoms with E-state index in [2.05, 4.69) is 39.0 Å². The van der Waals surface area contributed by atoms with Crippen LogP contribution in [0.4, 0.5) is 0 Å². The van der Waals surface area contributed by atoms with Gasteiger partial charge in [-0.2, -0.15) is 0 Å². The van der Waals surface area contributed by atoms with Crippen molar-refractivity contribution in [3.8, 4) is 0 Å². The predicted molar refractivity (Wildman–Crippen MR) is 72.2 cm³/mol. The monoisotopic (exact) mass is 232 g/mol. The largest absolute Gasteiger partial charge is 0.392 e. The standard InChI is InChI=1S/C16H24O/c1-12-6-7-13(2)14(10-12)11-15(17)16(3)8-4-5-9-16/h6-7,10,15,17H,4-5,8-9,11H2,1-3H3. The molecule has 0 radical (unpaired) electrons. The fourth-order valence-electron chi connectivity index (χ4n) is 2.99. The smallest absolute Gasteiger partial charge is 0.0634 e. The summed E-state index contributed by atoms with van der Waals surface area (Å²) in [6, 6.07) is 6.52. The lowest BCUT2D eigenvalue weighted by Crippen LogP contribution is -2.31. The van der Waals surface area contributed by atoms with Gasteiger partial charge in [0.2, 0.25) is 0 Å². The maximum atomic E-state index is 10.5. The molecule has 0 heterocycles. The van der Waals surface area contributed by atoms with Gasteiger partial charge in [-0.05, 0) is 49.7 Å². The Balaban J connectivity index is 2.12. The number of benzene rings is 1. The van der Waals surface area contributed by atoms with Crippen molar-refractivity contribution in [3.63, 3.8) is 0 Å². The Morgan fingerprint density at radius 2 is 1.88 bits per heavy atom. The predicted octanol–water partition coefficient (Wildman–Crippen LogP) is 3.79. The van der Waals surface area contributed by atoms with Gasteiger partial charge in [-0.3, -0.25) is 0 Å². The zero-order valence-electron chi connectivity index (χ0n) is 11.3. The van der Waals surface area contributed by atoms with Crippen molar-refractivity contribution in [1.82, 2.24) is 0 Å². The highest BCUT2D eigenvalue weighted by molar-refractivity contribution is 5.31. The van der Waals surface area contributed by atoms with Crippen LogP contribution < -0.4 is 0 Å². The molecule has 1 nitrogen and oxygen atoms in total. The number of aliphatic hydroxyl groups excluding tert-OH is 1. The maximum Gasteiger partial charge on any atom is 0.0634 e. The molecule has 0 bridgehead atoms. The van der Waals surface area contributed by atoms with E-state index in [-0.39, 0.29) is 11.5 Å². The molecule has 0 aliphatic heterocycles. The molecule has 1 atom stereocenters. The molecule has 1 aliphatic carbocycles. The molecule has 0 spiro atoms. The molecule has 1 saturated carbocycles. The molecule has 1 aromatic carbocycles. The van der Waals surface area contributed by atoms with Gasteiger partial charge in [0.05, 0.1) is 6.10 Å². The van der Waals surface area contributed by atoms with Crippen LogP contribution in [0.2, 0.25) is 0 Å². The van der Waals surface area contributed by atoms with Crippen molar-refractivity contribution in [2.75, 3.05) is 0 Å². The van der Waals surface area contributed by atoms with Crippen LogP contribution in [-0.4, -0.2) is 11.2 Å². The summed E-state index contributed by atoms with van der Waals surface area (Å²) in [5.74, 6) is 0. The fraction of sp³-hybridized carbons (Fsp3) is 0.625. The first kappa shape index (κ1) is 12.6. The van der Waals surface area contributed by atoms with Crippen molar-refractivity contribution in [2.45, 2.75) is 59.0 Å². The fourth-order valence-corrected chi connectivity index (χ4v) is 2.99. The summed E-state index contributed by atoms with van der Waals surface area (Å²) in [6.45, 7) is 6.50. The summed E-state index contributed by atoms with van der Waals surface area (Å²) in [5, 5.41) is 10.5. The molecule has 1 heteroatoms. The van der Waals surface area contributed by atoms with Crippen LogP contribution >= 0.6 is 0 Å². The Hall–Kier alpha value is -0.820. The van der Waals surface area contributed by atoms with E-state index >= 15 is 0 Å². The van der Waals surface area contributed by atoms with Crippen molar-refractivity contribution in [1.29, 1.82) is 0 Å². The third-order valence-corrected chi connectivity index (χ3v) is 4.47. The number of hydrogen-bond donors (Lipinski definition) is 1. The lowest BCUT2D eigenvalue weighted by molar-refractivity contribution is 0.0422. The summed E-state index contributed by atoms with van der Waals surface area (Å²) in [4.78, 5) is 0. The number of hydrogen-bond acceptors (Lipinski definition) is 1. The van der Waals surface area contributed by atoms with Gasteiger partial charge in [0.1, 0.15) is 0 Å². The minimum atomic E-state index is -0.189. The van der Waals surface area contributed by atoms with E-state index in [1.54, 1.807) is 0 Å². The molecule has 94 valence electrons. The lowest BCUT2D eigenvalue weighted by Gasteiger charge is -2.30. The zero-order valence-corrected chi connectivity index (χ0v) is 11.3. The highest BCUT2D eigenvalue weighted by Crippen LogP contribution is 2.41. The zero-order chi connectivity index (χ0) is 12.5. The average Bonchev–Trinajstić information content (AvgIpc) is 2.72. The maximum absolute atomic E-state index is 10.5. The quantitative estimate of drug-likeness (QED) is 0.840. The molecule has 0 amide bonds. The topological polar surface area (TPSA) is 20.2 Å². The molecule has 0 aromatic heterocycles. The third-order valence-electron chi connectivity index (χ3n) is 4.47. The minimum absolute atomic E-state index is 0.149. The van der Waals surface area contributed by atoms with Crippen LogP contribution in [0.5, 0.6) is 0 Å². The average molecular weight is 232 g/mol. The Bertz CT molecular complexity index is 389. The summed E-state index contributed by atoms with van der Waals surface area (Å²) in [5.41, 5.74) is 4.05. The van der Waals surface area contributed by atoms with Gasteiger partial charge in [-0.25, -0.2) is 0 Å². The molecule has 1 aromatic rings. The van der Waals surface area contributed by atoms with Crippen LogP contribution in [-0.2, 0) is 6.42 Å². The molecule has 1 fully saturated rings. The molecular formula is C16H24O. The second-order valence-corrected chi connectivity index (χ2v) is 6.01. The molecule has 0 saturated heterocycles. The van der Waals surface area contributed by atoms with Gasteiger partial charge in [-0.15, -0.1) is 0 Å². The summed E-state index contributed by atoms with van der Waals surface area (Å²) in [7, 11) is 0. The summed E-state index contributed by atoms with van der Waals surface area (Å²) in [6.07, 6.45) is 5.54. The highest BCUT2D eigenvalue weighted by atomic mass is 16.3. The molecule has 2 rings (SSSR count). The van der Waals surface area contributed by atoms with Crippen molar-refractivity contribution < 1.29 is 5.11 Å². The van der Waals surface area contributed by atoms with Crippen molar-refractivity contribution in [2.24, 2.45) is 5.41 Å². The van der Waals surface area contributed by atoms with E-state index in [0.717, 1.165) is 6.42 Å². The van der Waals surface area contributed by atoms with Crippen LogP contribution in [0.25, 0.3) is 0 Å². The van der Waals surface area contributed by atoms with Crippen molar-refractivity contribution >= 4 is 0 Å². The van der Waals surface area contributed by atoms with E-state index in [0.29, 0.717) is 0 Å². The second-order valence-electron chi connectivity index (χ2n) is 6.01. The lowest BCUT2D eigenvalue weighted by atomic mass is 9.79. The van der Waals surface area contributed by atoms with Gasteiger partial charge in [-0.1, -0.05) is 43.5 Å². The molecule has 1 unspecified atom stereocenters. The number of aliphatic hydroxyl groups is 1. The third kappa shape index (κ3) is 2.71. The van der Waals surface area contributed by atoms with E-state index < -0.39 is 0 Å². The van der Waals surface area contributed by atoms with Crippen LogP contribution in [0.3, 0.4) is 0 Å². The SMILES string of the molecule is Cc1ccc(C)c(CC(O)C2(C)CCCC2)c1. The molecule has 1 aliphatic rings. The van der Waals surface area contributed by atoms with Gasteiger partial charge < -0.3 is 5.11 Å². The van der Waals surface area contributed by atoms with Crippen LogP contribution in [0, 0.1) is 19.3 Å². The Morgan fingerprint density at radius 3 is 2.53 bits per heavy atom. The summed E-state index contributed by atoms with van der Waals surface area (Å²) < 4.78 is 0. The van der Waals surface area contributed by atoms with E-state index in [4.69, 9.17) is 0 Å². The van der Waals surface area contributed by atoms with Gasteiger partial charge in [0.15, 0.2) is 0 Å². The molecule has 1 N–H and O–H groups in total.